The van der Waals surface area contributed by atoms with Crippen LogP contribution in [0.1, 0.15) is 133 Å². The molecule has 2 aromatic rings. The first-order valence-electron chi connectivity index (χ1n) is 17.8. The maximum Gasteiger partial charge on any atom is 0.338 e. The summed E-state index contributed by atoms with van der Waals surface area (Å²) in [5.41, 5.74) is -5.00. The van der Waals surface area contributed by atoms with Crippen LogP contribution in [-0.2, 0) is 39.0 Å². The highest BCUT2D eigenvalue weighted by atomic mass is 19.2. The highest BCUT2D eigenvalue weighted by Gasteiger charge is 2.38. The van der Waals surface area contributed by atoms with Crippen LogP contribution < -0.4 is 4.74 Å². The number of hydroxylamine groups is 2. The molecule has 0 spiro atoms. The first-order chi connectivity index (χ1) is 26.0. The Balaban J connectivity index is 0.000000766. The minimum Gasteiger partial charge on any atom is -0.420 e. The van der Waals surface area contributed by atoms with Crippen LogP contribution in [0.2, 0.25) is 0 Å². The van der Waals surface area contributed by atoms with E-state index in [1.54, 1.807) is 20.8 Å². The Bertz CT molecular complexity index is 1870. The van der Waals surface area contributed by atoms with Gasteiger partial charge in [0, 0.05) is 47.9 Å². The number of benzene rings is 2. The molecule has 4 amide bonds. The average molecular weight is 855 g/mol. The van der Waals surface area contributed by atoms with E-state index in [4.69, 9.17) is 4.84 Å². The number of ether oxygens (including phenoxy) is 1. The summed E-state index contributed by atoms with van der Waals surface area (Å²) in [7, 11) is 0. The minimum atomic E-state index is -1.87. The number of halogens is 8. The molecule has 59 heavy (non-hydrogen) atoms. The van der Waals surface area contributed by atoms with Crippen molar-refractivity contribution in [1.82, 2.24) is 9.96 Å². The molecule has 10 nitrogen and oxygen atoms in total. The van der Waals surface area contributed by atoms with Crippen molar-refractivity contribution in [3.63, 3.8) is 0 Å². The second-order valence-corrected chi connectivity index (χ2v) is 17.4. The van der Waals surface area contributed by atoms with Crippen molar-refractivity contribution in [3.8, 4) is 5.75 Å². The number of rotatable bonds is 2. The number of imide groups is 2. The summed E-state index contributed by atoms with van der Waals surface area (Å²) in [4.78, 5) is 73.3. The molecule has 0 N–H and O–H groups in total. The number of carbonyl (C=O) groups is 6. The molecule has 2 fully saturated rings. The SMILES string of the molecule is C.CC(C)(C)C(=O)ON1C(=O)CCC1=O.CC(C)(C)N1C(=O)CCC1=O.Cc1c(F)c(F)c(C(C)(C)C)c(F)c1F.Cc1c(F)c(F)c(F)c(OC(=O)C(C)(C)C)c1F. The molecule has 332 valence electrons. The van der Waals surface area contributed by atoms with E-state index in [1.807, 2.05) is 20.8 Å². The quantitative estimate of drug-likeness (QED) is 0.0730. The van der Waals surface area contributed by atoms with Gasteiger partial charge in [0.25, 0.3) is 11.8 Å². The molecule has 4 rings (SSSR count). The van der Waals surface area contributed by atoms with Gasteiger partial charge in [-0.3, -0.25) is 28.9 Å². The molecule has 0 saturated carbocycles. The third-order valence-electron chi connectivity index (χ3n) is 8.00. The zero-order valence-electron chi connectivity index (χ0n) is 35.0. The van der Waals surface area contributed by atoms with Crippen LogP contribution in [0.5, 0.6) is 5.75 Å². The second kappa shape index (κ2) is 19.9. The van der Waals surface area contributed by atoms with Crippen molar-refractivity contribution in [2.45, 2.75) is 141 Å². The number of amides is 4. The number of hydrogen-bond acceptors (Lipinski definition) is 8. The summed E-state index contributed by atoms with van der Waals surface area (Å²) in [6.45, 7) is 21.3. The van der Waals surface area contributed by atoms with E-state index in [-0.39, 0.29) is 37.6 Å². The predicted octanol–water partition coefficient (Wildman–Crippen LogP) is 9.56. The third kappa shape index (κ3) is 13.6. The summed E-state index contributed by atoms with van der Waals surface area (Å²) in [6.07, 6.45) is 1.01. The lowest BCUT2D eigenvalue weighted by atomic mass is 9.85. The van der Waals surface area contributed by atoms with Crippen LogP contribution in [0.4, 0.5) is 35.1 Å². The van der Waals surface area contributed by atoms with Gasteiger partial charge < -0.3 is 9.57 Å². The van der Waals surface area contributed by atoms with E-state index >= 15 is 0 Å². The Hall–Kier alpha value is -4.90. The molecule has 0 unspecified atom stereocenters. The fourth-order valence-electron chi connectivity index (χ4n) is 4.66. The standard InChI is InChI=1S/C12H12F4O2.C11H12F4.C9H13NO4.C8H13NO2.CH4/c1-5-6(13)8(15)9(16)10(7(5)14)18-11(17)12(2,3)4;1-5-7(12)9(14)6(11(2,3)4)10(15)8(5)13;1-9(2,3)8(13)14-10-6(11)4-5-7(10)12;1-8(2,3)9-6(10)4-5-7(9)11;/h1-4H3;1-4H3;4-5H2,1-3H3;4-5H2,1-3H3;1H4. The summed E-state index contributed by atoms with van der Waals surface area (Å²) in [6, 6.07) is 0. The Morgan fingerprint density at radius 2 is 0.831 bits per heavy atom. The van der Waals surface area contributed by atoms with Gasteiger partial charge in [-0.1, -0.05) is 28.2 Å². The molecular formula is C41H54F8N2O8. The van der Waals surface area contributed by atoms with Crippen LogP contribution in [0.25, 0.3) is 0 Å². The van der Waals surface area contributed by atoms with Crippen molar-refractivity contribution >= 4 is 35.6 Å². The molecule has 2 aromatic carbocycles. The smallest absolute Gasteiger partial charge is 0.338 e. The van der Waals surface area contributed by atoms with Gasteiger partial charge in [0.15, 0.2) is 40.7 Å². The lowest BCUT2D eigenvalue weighted by Gasteiger charge is -2.29. The van der Waals surface area contributed by atoms with E-state index in [2.05, 4.69) is 4.74 Å². The minimum absolute atomic E-state index is 0. The number of carbonyl (C=O) groups excluding carboxylic acids is 6. The Morgan fingerprint density at radius 3 is 1.15 bits per heavy atom. The highest BCUT2D eigenvalue weighted by Crippen LogP contribution is 2.33. The van der Waals surface area contributed by atoms with E-state index in [9.17, 15) is 63.9 Å². The van der Waals surface area contributed by atoms with Crippen LogP contribution in [0.15, 0.2) is 0 Å². The summed E-state index contributed by atoms with van der Waals surface area (Å²) < 4.78 is 111. The lowest BCUT2D eigenvalue weighted by molar-refractivity contribution is -0.203. The molecule has 0 bridgehead atoms. The van der Waals surface area contributed by atoms with E-state index in [0.717, 1.165) is 13.8 Å². The molecule has 0 atom stereocenters. The Morgan fingerprint density at radius 1 is 0.492 bits per heavy atom. The molecule has 2 aliphatic rings. The van der Waals surface area contributed by atoms with Crippen molar-refractivity contribution in [2.24, 2.45) is 10.8 Å². The van der Waals surface area contributed by atoms with E-state index in [0.29, 0.717) is 17.9 Å². The monoisotopic (exact) mass is 854 g/mol. The highest BCUT2D eigenvalue weighted by molar-refractivity contribution is 6.03. The first-order valence-corrected chi connectivity index (χ1v) is 17.8. The molecule has 2 aliphatic heterocycles. The lowest BCUT2D eigenvalue weighted by Crippen LogP contribution is -2.44. The average Bonchev–Trinajstić information content (AvgIpc) is 3.60. The molecular weight excluding hydrogens is 800 g/mol. The van der Waals surface area contributed by atoms with Crippen LogP contribution in [0, 0.1) is 71.2 Å². The van der Waals surface area contributed by atoms with Gasteiger partial charge in [-0.25, -0.2) is 35.5 Å². The number of esters is 1. The van der Waals surface area contributed by atoms with E-state index in [1.165, 1.54) is 46.4 Å². The fraction of sp³-hybridized carbons (Fsp3) is 0.561. The van der Waals surface area contributed by atoms with Gasteiger partial charge >= 0.3 is 11.9 Å². The molecule has 0 aromatic heterocycles. The van der Waals surface area contributed by atoms with Crippen LogP contribution in [0.3, 0.4) is 0 Å². The topological polar surface area (TPSA) is 127 Å². The maximum absolute atomic E-state index is 13.5. The van der Waals surface area contributed by atoms with Crippen molar-refractivity contribution in [3.05, 3.63) is 63.2 Å². The third-order valence-corrected chi connectivity index (χ3v) is 8.00. The summed E-state index contributed by atoms with van der Waals surface area (Å²) >= 11 is 0. The Kier molecular flexibility index (Phi) is 18.2. The first kappa shape index (κ1) is 54.1. The largest absolute Gasteiger partial charge is 0.420 e. The second-order valence-electron chi connectivity index (χ2n) is 17.4. The van der Waals surface area contributed by atoms with Crippen LogP contribution >= 0.6 is 0 Å². The van der Waals surface area contributed by atoms with Gasteiger partial charge in [-0.05, 0) is 81.6 Å². The number of nitrogens with zero attached hydrogens (tertiary/aromatic N) is 2. The van der Waals surface area contributed by atoms with Gasteiger partial charge in [-0.2, -0.15) is 4.39 Å². The molecule has 2 saturated heterocycles. The molecule has 0 radical (unpaired) electrons. The van der Waals surface area contributed by atoms with Crippen molar-refractivity contribution in [2.75, 3.05) is 0 Å². The molecule has 2 heterocycles. The van der Waals surface area contributed by atoms with Crippen molar-refractivity contribution < 1.29 is 73.5 Å². The fourth-order valence-corrected chi connectivity index (χ4v) is 4.66. The summed E-state index contributed by atoms with van der Waals surface area (Å²) in [5, 5.41) is 0.563. The predicted molar refractivity (Wildman–Crippen MR) is 200 cm³/mol. The number of hydrogen-bond donors (Lipinski definition) is 0. The zero-order chi connectivity index (χ0) is 45.8. The van der Waals surface area contributed by atoms with Crippen LogP contribution in [-0.4, -0.2) is 51.1 Å². The molecule has 18 heteroatoms. The number of likely N-dealkylation sites (tertiary alicyclic amines) is 1. The Labute approximate surface area is 339 Å². The van der Waals surface area contributed by atoms with Gasteiger partial charge in [0.2, 0.25) is 23.4 Å². The van der Waals surface area contributed by atoms with Gasteiger partial charge in [0.05, 0.1) is 10.8 Å². The zero-order valence-corrected chi connectivity index (χ0v) is 35.0. The summed E-state index contributed by atoms with van der Waals surface area (Å²) in [5.74, 6) is -15.8. The van der Waals surface area contributed by atoms with E-state index < -0.39 is 109 Å². The maximum atomic E-state index is 13.5. The molecule has 0 aliphatic carbocycles. The van der Waals surface area contributed by atoms with Crippen molar-refractivity contribution in [1.29, 1.82) is 0 Å². The van der Waals surface area contributed by atoms with Gasteiger partial charge in [0.1, 0.15) is 0 Å². The van der Waals surface area contributed by atoms with Gasteiger partial charge in [-0.15, -0.1) is 5.06 Å². The normalized spacial score (nSPS) is 14.4.